The van der Waals surface area contributed by atoms with E-state index in [1.54, 1.807) is 0 Å². The maximum atomic E-state index is 5.78. The van der Waals surface area contributed by atoms with Crippen molar-refractivity contribution in [3.63, 3.8) is 0 Å². The van der Waals surface area contributed by atoms with Gasteiger partial charge in [-0.15, -0.1) is 0 Å². The smallest absolute Gasteiger partial charge is 0.162 e. The van der Waals surface area contributed by atoms with Crippen molar-refractivity contribution in [1.82, 2.24) is 9.97 Å². The molecule has 1 aliphatic carbocycles. The lowest BCUT2D eigenvalue weighted by Gasteiger charge is -2.24. The topological polar surface area (TPSA) is 47.0 Å². The molecule has 0 atom stereocenters. The zero-order chi connectivity index (χ0) is 13.9. The van der Waals surface area contributed by atoms with Crippen LogP contribution in [-0.2, 0) is 10.3 Å². The van der Waals surface area contributed by atoms with Crippen LogP contribution in [0.3, 0.4) is 0 Å². The Morgan fingerprint density at radius 3 is 2.63 bits per heavy atom. The number of nitrogens with one attached hydrogen (secondary N) is 1. The molecule has 1 aromatic heterocycles. The molecule has 1 aliphatic rings. The summed E-state index contributed by atoms with van der Waals surface area (Å²) in [5.74, 6) is 2.35. The molecule has 4 heteroatoms. The Balaban J connectivity index is 2.28. The van der Waals surface area contributed by atoms with Gasteiger partial charge in [-0.2, -0.15) is 0 Å². The van der Waals surface area contributed by atoms with Crippen molar-refractivity contribution in [2.45, 2.75) is 58.5 Å². The fraction of sp³-hybridized carbons (Fsp3) is 0.733. The SMILES string of the molecule is CCCNc1cc(C2CC2)nc(C(C)(C)OCC)n1. The van der Waals surface area contributed by atoms with E-state index in [-0.39, 0.29) is 0 Å². The average molecular weight is 263 g/mol. The molecule has 1 fully saturated rings. The first-order valence-electron chi connectivity index (χ1n) is 7.34. The van der Waals surface area contributed by atoms with Gasteiger partial charge in [0.1, 0.15) is 11.4 Å². The molecule has 106 valence electrons. The van der Waals surface area contributed by atoms with Crippen LogP contribution in [-0.4, -0.2) is 23.1 Å². The van der Waals surface area contributed by atoms with Gasteiger partial charge >= 0.3 is 0 Å². The van der Waals surface area contributed by atoms with Gasteiger partial charge in [-0.05, 0) is 40.0 Å². The number of anilines is 1. The minimum Gasteiger partial charge on any atom is -0.370 e. The van der Waals surface area contributed by atoms with Gasteiger partial charge in [-0.1, -0.05) is 6.92 Å². The third-order valence-corrected chi connectivity index (χ3v) is 3.34. The molecule has 0 spiro atoms. The second kappa shape index (κ2) is 5.87. The Bertz CT molecular complexity index is 427. The van der Waals surface area contributed by atoms with Crippen LogP contribution in [0.4, 0.5) is 5.82 Å². The van der Waals surface area contributed by atoms with Crippen molar-refractivity contribution in [1.29, 1.82) is 0 Å². The molecule has 2 rings (SSSR count). The van der Waals surface area contributed by atoms with Crippen LogP contribution in [0.25, 0.3) is 0 Å². The lowest BCUT2D eigenvalue weighted by molar-refractivity contribution is -0.0208. The molecule has 0 aromatic carbocycles. The Kier molecular flexibility index (Phi) is 4.40. The van der Waals surface area contributed by atoms with Crippen LogP contribution < -0.4 is 5.32 Å². The number of nitrogens with zero attached hydrogens (tertiary/aromatic N) is 2. The van der Waals surface area contributed by atoms with Gasteiger partial charge < -0.3 is 10.1 Å². The molecule has 1 heterocycles. The lowest BCUT2D eigenvalue weighted by atomic mass is 10.1. The lowest BCUT2D eigenvalue weighted by Crippen LogP contribution is -2.26. The Morgan fingerprint density at radius 1 is 1.32 bits per heavy atom. The number of hydrogen-bond acceptors (Lipinski definition) is 4. The Hall–Kier alpha value is -1.16. The van der Waals surface area contributed by atoms with Crippen molar-refractivity contribution >= 4 is 5.82 Å². The van der Waals surface area contributed by atoms with Crippen LogP contribution in [0.5, 0.6) is 0 Å². The summed E-state index contributed by atoms with van der Waals surface area (Å²) in [4.78, 5) is 9.34. The van der Waals surface area contributed by atoms with E-state index in [2.05, 4.69) is 23.3 Å². The van der Waals surface area contributed by atoms with E-state index in [0.717, 1.165) is 30.3 Å². The van der Waals surface area contributed by atoms with Gasteiger partial charge in [-0.25, -0.2) is 9.97 Å². The maximum Gasteiger partial charge on any atom is 0.162 e. The minimum atomic E-state index is -0.428. The highest BCUT2D eigenvalue weighted by molar-refractivity contribution is 5.38. The van der Waals surface area contributed by atoms with Gasteiger partial charge in [-0.3, -0.25) is 0 Å². The molecule has 1 saturated carbocycles. The largest absolute Gasteiger partial charge is 0.370 e. The quantitative estimate of drug-likeness (QED) is 0.818. The van der Waals surface area contributed by atoms with Crippen LogP contribution in [0.1, 0.15) is 64.4 Å². The summed E-state index contributed by atoms with van der Waals surface area (Å²) in [7, 11) is 0. The summed E-state index contributed by atoms with van der Waals surface area (Å²) in [5.41, 5.74) is 0.735. The van der Waals surface area contributed by atoms with Gasteiger partial charge in [0.05, 0.1) is 0 Å². The molecule has 0 unspecified atom stereocenters. The highest BCUT2D eigenvalue weighted by Crippen LogP contribution is 2.40. The fourth-order valence-electron chi connectivity index (χ4n) is 2.09. The molecule has 1 N–H and O–H groups in total. The van der Waals surface area contributed by atoms with E-state index in [1.807, 2.05) is 20.8 Å². The average Bonchev–Trinajstić information content (AvgIpc) is 3.20. The number of rotatable bonds is 7. The van der Waals surface area contributed by atoms with Crippen LogP contribution >= 0.6 is 0 Å². The molecular weight excluding hydrogens is 238 g/mol. The molecule has 0 radical (unpaired) electrons. The molecule has 0 amide bonds. The normalized spacial score (nSPS) is 15.6. The van der Waals surface area contributed by atoms with E-state index in [4.69, 9.17) is 9.72 Å². The second-order valence-electron chi connectivity index (χ2n) is 5.65. The van der Waals surface area contributed by atoms with E-state index in [1.165, 1.54) is 12.8 Å². The van der Waals surface area contributed by atoms with Gasteiger partial charge in [0.15, 0.2) is 5.82 Å². The fourth-order valence-corrected chi connectivity index (χ4v) is 2.09. The maximum absolute atomic E-state index is 5.78. The predicted octanol–water partition coefficient (Wildman–Crippen LogP) is 3.45. The summed E-state index contributed by atoms with van der Waals surface area (Å²) in [6.45, 7) is 9.83. The van der Waals surface area contributed by atoms with Gasteiger partial charge in [0, 0.05) is 30.8 Å². The highest BCUT2D eigenvalue weighted by Gasteiger charge is 2.30. The third kappa shape index (κ3) is 3.66. The van der Waals surface area contributed by atoms with Crippen molar-refractivity contribution in [3.8, 4) is 0 Å². The molecule has 1 aromatic rings. The summed E-state index contributed by atoms with van der Waals surface area (Å²) in [6, 6.07) is 2.10. The number of aromatic nitrogens is 2. The summed E-state index contributed by atoms with van der Waals surface area (Å²) < 4.78 is 5.78. The summed E-state index contributed by atoms with van der Waals surface area (Å²) >= 11 is 0. The molecule has 19 heavy (non-hydrogen) atoms. The van der Waals surface area contributed by atoms with Gasteiger partial charge in [0.25, 0.3) is 0 Å². The summed E-state index contributed by atoms with van der Waals surface area (Å²) in [5, 5.41) is 3.37. The zero-order valence-corrected chi connectivity index (χ0v) is 12.5. The van der Waals surface area contributed by atoms with E-state index >= 15 is 0 Å². The zero-order valence-electron chi connectivity index (χ0n) is 12.5. The molecular formula is C15H25N3O. The first-order valence-corrected chi connectivity index (χ1v) is 7.34. The molecule has 4 nitrogen and oxygen atoms in total. The molecule has 0 bridgehead atoms. The standard InChI is InChI=1S/C15H25N3O/c1-5-9-16-13-10-12(11-7-8-11)17-14(18-13)15(3,4)19-6-2/h10-11H,5-9H2,1-4H3,(H,16,17,18). The van der Waals surface area contributed by atoms with Crippen LogP contribution in [0, 0.1) is 0 Å². The molecule has 0 saturated heterocycles. The van der Waals surface area contributed by atoms with Gasteiger partial charge in [0.2, 0.25) is 0 Å². The Morgan fingerprint density at radius 2 is 2.05 bits per heavy atom. The number of hydrogen-bond donors (Lipinski definition) is 1. The first kappa shape index (κ1) is 14.3. The summed E-state index contributed by atoms with van der Waals surface area (Å²) in [6.07, 6.45) is 3.59. The van der Waals surface area contributed by atoms with Crippen molar-refractivity contribution in [3.05, 3.63) is 17.6 Å². The predicted molar refractivity (Wildman–Crippen MR) is 77.4 cm³/mol. The van der Waals surface area contributed by atoms with Crippen LogP contribution in [0.2, 0.25) is 0 Å². The van der Waals surface area contributed by atoms with Crippen molar-refractivity contribution < 1.29 is 4.74 Å². The van der Waals surface area contributed by atoms with Crippen molar-refractivity contribution in [2.24, 2.45) is 0 Å². The van der Waals surface area contributed by atoms with E-state index < -0.39 is 5.60 Å². The Labute approximate surface area is 116 Å². The highest BCUT2D eigenvalue weighted by atomic mass is 16.5. The van der Waals surface area contributed by atoms with Crippen molar-refractivity contribution in [2.75, 3.05) is 18.5 Å². The number of ether oxygens (including phenoxy) is 1. The van der Waals surface area contributed by atoms with E-state index in [0.29, 0.717) is 12.5 Å². The third-order valence-electron chi connectivity index (χ3n) is 3.34. The van der Waals surface area contributed by atoms with Crippen LogP contribution in [0.15, 0.2) is 6.07 Å². The monoisotopic (exact) mass is 263 g/mol. The second-order valence-corrected chi connectivity index (χ2v) is 5.65. The minimum absolute atomic E-state index is 0.428. The first-order chi connectivity index (χ1) is 9.06. The molecule has 0 aliphatic heterocycles. The van der Waals surface area contributed by atoms with E-state index in [9.17, 15) is 0 Å².